The quantitative estimate of drug-likeness (QED) is 0.711. The van der Waals surface area contributed by atoms with Crippen LogP contribution in [0.15, 0.2) is 10.9 Å². The summed E-state index contributed by atoms with van der Waals surface area (Å²) in [4.78, 5) is 29.2. The predicted octanol–water partition coefficient (Wildman–Crippen LogP) is 0.405. The van der Waals surface area contributed by atoms with Gasteiger partial charge in [0.05, 0.1) is 6.54 Å². The first-order valence-electron chi connectivity index (χ1n) is 5.39. The first-order valence-corrected chi connectivity index (χ1v) is 5.39. The van der Waals surface area contributed by atoms with Crippen molar-refractivity contribution < 1.29 is 4.79 Å². The van der Waals surface area contributed by atoms with Gasteiger partial charge >= 0.3 is 0 Å². The Morgan fingerprint density at radius 1 is 1.47 bits per heavy atom. The molecule has 0 fully saturated rings. The SMILES string of the molecule is Cc1nc(NCC(=O)NC(C)(C)C)cc(=O)[nH]1. The highest BCUT2D eigenvalue weighted by Gasteiger charge is 2.13. The van der Waals surface area contributed by atoms with Crippen LogP contribution in [0, 0.1) is 6.92 Å². The number of carbonyl (C=O) groups excluding carboxylic acids is 1. The minimum Gasteiger partial charge on any atom is -0.361 e. The average Bonchev–Trinajstić information content (AvgIpc) is 2.10. The highest BCUT2D eigenvalue weighted by atomic mass is 16.2. The molecular formula is C11H18N4O2. The summed E-state index contributed by atoms with van der Waals surface area (Å²) in [5.74, 6) is 0.767. The molecule has 0 aliphatic rings. The summed E-state index contributed by atoms with van der Waals surface area (Å²) in [5.41, 5.74) is -0.507. The summed E-state index contributed by atoms with van der Waals surface area (Å²) in [7, 11) is 0. The molecule has 1 aromatic heterocycles. The zero-order valence-corrected chi connectivity index (χ0v) is 10.5. The van der Waals surface area contributed by atoms with Gasteiger partial charge in [0.25, 0.3) is 5.56 Å². The van der Waals surface area contributed by atoms with Gasteiger partial charge in [0.15, 0.2) is 0 Å². The number of anilines is 1. The number of hydrogen-bond donors (Lipinski definition) is 3. The first-order chi connectivity index (χ1) is 7.76. The number of amides is 1. The fourth-order valence-electron chi connectivity index (χ4n) is 1.30. The Bertz CT molecular complexity index is 459. The highest BCUT2D eigenvalue weighted by molar-refractivity contribution is 5.80. The Morgan fingerprint density at radius 3 is 2.65 bits per heavy atom. The third-order valence-corrected chi connectivity index (χ3v) is 1.80. The summed E-state index contributed by atoms with van der Waals surface area (Å²) in [6.45, 7) is 7.48. The van der Waals surface area contributed by atoms with Gasteiger partial charge in [-0.2, -0.15) is 0 Å². The van der Waals surface area contributed by atoms with E-state index < -0.39 is 0 Å². The maximum atomic E-state index is 11.5. The maximum absolute atomic E-state index is 11.5. The third kappa shape index (κ3) is 5.14. The van der Waals surface area contributed by atoms with Crippen LogP contribution in [-0.4, -0.2) is 28.0 Å². The fraction of sp³-hybridized carbons (Fsp3) is 0.545. The predicted molar refractivity (Wildman–Crippen MR) is 66.0 cm³/mol. The van der Waals surface area contributed by atoms with Crippen molar-refractivity contribution in [3.63, 3.8) is 0 Å². The number of nitrogens with one attached hydrogen (secondary N) is 3. The van der Waals surface area contributed by atoms with E-state index >= 15 is 0 Å². The Labute approximate surface area is 99.8 Å². The molecule has 0 unspecified atom stereocenters. The number of aromatic nitrogens is 2. The number of H-pyrrole nitrogens is 1. The van der Waals surface area contributed by atoms with Gasteiger partial charge in [0.2, 0.25) is 5.91 Å². The number of carbonyl (C=O) groups is 1. The molecule has 1 aromatic rings. The van der Waals surface area contributed by atoms with Crippen molar-refractivity contribution in [3.05, 3.63) is 22.2 Å². The van der Waals surface area contributed by atoms with E-state index in [1.807, 2.05) is 20.8 Å². The minimum atomic E-state index is -0.268. The van der Waals surface area contributed by atoms with Crippen molar-refractivity contribution in [1.29, 1.82) is 0 Å². The van der Waals surface area contributed by atoms with Gasteiger partial charge in [0, 0.05) is 11.6 Å². The van der Waals surface area contributed by atoms with Crippen LogP contribution in [0.4, 0.5) is 5.82 Å². The molecule has 17 heavy (non-hydrogen) atoms. The second-order valence-electron chi connectivity index (χ2n) is 4.87. The molecule has 0 aliphatic carbocycles. The second-order valence-corrected chi connectivity index (χ2v) is 4.87. The number of hydrogen-bond acceptors (Lipinski definition) is 4. The van der Waals surface area contributed by atoms with Gasteiger partial charge in [-0.25, -0.2) is 4.98 Å². The standard InChI is InChI=1S/C11H18N4O2/c1-7-13-8(5-9(16)14-7)12-6-10(17)15-11(2,3)4/h5H,6H2,1-4H3,(H,15,17)(H2,12,13,14,16). The molecule has 0 saturated carbocycles. The summed E-state index contributed by atoms with van der Waals surface area (Å²) < 4.78 is 0. The van der Waals surface area contributed by atoms with Crippen molar-refractivity contribution in [2.24, 2.45) is 0 Å². The Morgan fingerprint density at radius 2 is 2.12 bits per heavy atom. The molecular weight excluding hydrogens is 220 g/mol. The van der Waals surface area contributed by atoms with Crippen LogP contribution in [0.3, 0.4) is 0 Å². The van der Waals surface area contributed by atoms with E-state index in [0.717, 1.165) is 0 Å². The molecule has 0 atom stereocenters. The molecule has 0 spiro atoms. The third-order valence-electron chi connectivity index (χ3n) is 1.80. The van der Waals surface area contributed by atoms with E-state index in [1.165, 1.54) is 6.07 Å². The Kier molecular flexibility index (Phi) is 3.88. The van der Waals surface area contributed by atoms with Gasteiger partial charge in [-0.15, -0.1) is 0 Å². The molecule has 0 aromatic carbocycles. The molecule has 0 radical (unpaired) electrons. The number of aryl methyl sites for hydroxylation is 1. The molecule has 3 N–H and O–H groups in total. The Balaban J connectivity index is 2.56. The summed E-state index contributed by atoms with van der Waals surface area (Å²) in [6.07, 6.45) is 0. The maximum Gasteiger partial charge on any atom is 0.252 e. The van der Waals surface area contributed by atoms with Gasteiger partial charge in [-0.05, 0) is 27.7 Å². The zero-order chi connectivity index (χ0) is 13.1. The second kappa shape index (κ2) is 4.99. The number of nitrogens with zero attached hydrogens (tertiary/aromatic N) is 1. The molecule has 94 valence electrons. The largest absolute Gasteiger partial charge is 0.361 e. The number of rotatable bonds is 3. The van der Waals surface area contributed by atoms with E-state index in [-0.39, 0.29) is 23.6 Å². The van der Waals surface area contributed by atoms with Crippen LogP contribution < -0.4 is 16.2 Å². The molecule has 1 rings (SSSR count). The normalized spacial score (nSPS) is 11.1. The van der Waals surface area contributed by atoms with Gasteiger partial charge < -0.3 is 15.6 Å². The zero-order valence-electron chi connectivity index (χ0n) is 10.5. The molecule has 6 nitrogen and oxygen atoms in total. The minimum absolute atomic E-state index is 0.0904. The van der Waals surface area contributed by atoms with Gasteiger partial charge in [-0.3, -0.25) is 9.59 Å². The fourth-order valence-corrected chi connectivity index (χ4v) is 1.30. The van der Waals surface area contributed by atoms with Crippen LogP contribution in [0.1, 0.15) is 26.6 Å². The first kappa shape index (κ1) is 13.2. The van der Waals surface area contributed by atoms with Crippen LogP contribution in [-0.2, 0) is 4.79 Å². The van der Waals surface area contributed by atoms with E-state index in [1.54, 1.807) is 6.92 Å². The molecule has 1 heterocycles. The topological polar surface area (TPSA) is 86.9 Å². The van der Waals surface area contributed by atoms with Crippen LogP contribution in [0.25, 0.3) is 0 Å². The van der Waals surface area contributed by atoms with Crippen molar-refractivity contribution in [2.45, 2.75) is 33.2 Å². The lowest BCUT2D eigenvalue weighted by atomic mass is 10.1. The van der Waals surface area contributed by atoms with E-state index in [9.17, 15) is 9.59 Å². The monoisotopic (exact) mass is 238 g/mol. The van der Waals surface area contributed by atoms with Crippen LogP contribution >= 0.6 is 0 Å². The van der Waals surface area contributed by atoms with Crippen molar-refractivity contribution in [3.8, 4) is 0 Å². The summed E-state index contributed by atoms with van der Waals surface area (Å²) in [6, 6.07) is 1.32. The average molecular weight is 238 g/mol. The van der Waals surface area contributed by atoms with Crippen LogP contribution in [0.2, 0.25) is 0 Å². The van der Waals surface area contributed by atoms with Crippen LogP contribution in [0.5, 0.6) is 0 Å². The Hall–Kier alpha value is -1.85. The van der Waals surface area contributed by atoms with E-state index in [2.05, 4.69) is 20.6 Å². The molecule has 0 bridgehead atoms. The van der Waals surface area contributed by atoms with Gasteiger partial charge in [-0.1, -0.05) is 0 Å². The molecule has 6 heteroatoms. The van der Waals surface area contributed by atoms with Crippen molar-refractivity contribution in [2.75, 3.05) is 11.9 Å². The van der Waals surface area contributed by atoms with Gasteiger partial charge in [0.1, 0.15) is 11.6 Å². The lowest BCUT2D eigenvalue weighted by Crippen LogP contribution is -2.43. The van der Waals surface area contributed by atoms with E-state index in [4.69, 9.17) is 0 Å². The summed E-state index contributed by atoms with van der Waals surface area (Å²) >= 11 is 0. The molecule has 1 amide bonds. The lowest BCUT2D eigenvalue weighted by Gasteiger charge is -2.20. The van der Waals surface area contributed by atoms with E-state index in [0.29, 0.717) is 11.6 Å². The van der Waals surface area contributed by atoms with Crippen molar-refractivity contribution >= 4 is 11.7 Å². The number of aromatic amines is 1. The van der Waals surface area contributed by atoms with Crippen molar-refractivity contribution in [1.82, 2.24) is 15.3 Å². The smallest absolute Gasteiger partial charge is 0.252 e. The molecule has 0 aliphatic heterocycles. The lowest BCUT2D eigenvalue weighted by molar-refractivity contribution is -0.120. The molecule has 0 saturated heterocycles. The summed E-state index contributed by atoms with van der Waals surface area (Å²) in [5, 5.41) is 5.61. The highest BCUT2D eigenvalue weighted by Crippen LogP contribution is 1.99.